The zero-order chi connectivity index (χ0) is 12.7. The molecule has 17 heavy (non-hydrogen) atoms. The summed E-state index contributed by atoms with van der Waals surface area (Å²) in [5.74, 6) is -1.73. The molecular formula is C8H10N4O4S. The molecule has 0 fully saturated rings. The lowest BCUT2D eigenvalue weighted by atomic mass is 10.5. The summed E-state index contributed by atoms with van der Waals surface area (Å²) in [6.07, 6.45) is 1.53. The molecule has 0 aliphatic carbocycles. The summed E-state index contributed by atoms with van der Waals surface area (Å²) in [7, 11) is 0. The van der Waals surface area contributed by atoms with E-state index in [0.717, 1.165) is 0 Å². The molecule has 3 amide bonds. The van der Waals surface area contributed by atoms with Gasteiger partial charge in [0.15, 0.2) is 5.13 Å². The summed E-state index contributed by atoms with van der Waals surface area (Å²) >= 11 is 1.24. The van der Waals surface area contributed by atoms with E-state index in [1.165, 1.54) is 17.5 Å². The van der Waals surface area contributed by atoms with Crippen molar-refractivity contribution < 1.29 is 19.5 Å². The van der Waals surface area contributed by atoms with Gasteiger partial charge < -0.3 is 15.7 Å². The number of anilines is 1. The summed E-state index contributed by atoms with van der Waals surface area (Å²) < 4.78 is 0. The molecule has 0 radical (unpaired) electrons. The fraction of sp³-hybridized carbons (Fsp3) is 0.250. The maximum absolute atomic E-state index is 11.2. The molecule has 1 rings (SSSR count). The normalized spacial score (nSPS) is 9.41. The predicted octanol–water partition coefficient (Wildman–Crippen LogP) is -0.535. The average Bonchev–Trinajstić information content (AvgIpc) is 2.76. The molecule has 0 aliphatic heterocycles. The van der Waals surface area contributed by atoms with Gasteiger partial charge in [-0.3, -0.25) is 14.9 Å². The molecule has 0 spiro atoms. The first-order chi connectivity index (χ1) is 8.08. The van der Waals surface area contributed by atoms with Crippen molar-refractivity contribution in [2.24, 2.45) is 0 Å². The second-order valence-electron chi connectivity index (χ2n) is 2.82. The highest BCUT2D eigenvalue weighted by molar-refractivity contribution is 7.13. The molecule has 9 heteroatoms. The molecule has 92 valence electrons. The number of amides is 3. The molecule has 0 aromatic carbocycles. The van der Waals surface area contributed by atoms with Crippen LogP contribution in [0.15, 0.2) is 11.6 Å². The number of thiazole rings is 1. The van der Waals surface area contributed by atoms with Crippen LogP contribution in [0.3, 0.4) is 0 Å². The lowest BCUT2D eigenvalue weighted by Crippen LogP contribution is -2.40. The fourth-order valence-electron chi connectivity index (χ4n) is 0.824. The van der Waals surface area contributed by atoms with Gasteiger partial charge in [0.05, 0.1) is 6.54 Å². The van der Waals surface area contributed by atoms with Crippen molar-refractivity contribution in [3.8, 4) is 0 Å². The van der Waals surface area contributed by atoms with Crippen LogP contribution in [0.1, 0.15) is 0 Å². The van der Waals surface area contributed by atoms with E-state index >= 15 is 0 Å². The topological polar surface area (TPSA) is 120 Å². The minimum atomic E-state index is -1.15. The van der Waals surface area contributed by atoms with E-state index in [2.05, 4.69) is 20.9 Å². The number of carboxylic acids is 1. The van der Waals surface area contributed by atoms with Gasteiger partial charge >= 0.3 is 12.0 Å². The van der Waals surface area contributed by atoms with Crippen molar-refractivity contribution in [1.82, 2.24) is 15.6 Å². The van der Waals surface area contributed by atoms with Crippen LogP contribution in [0.4, 0.5) is 9.93 Å². The smallest absolute Gasteiger partial charge is 0.322 e. The number of nitrogens with one attached hydrogen (secondary N) is 3. The van der Waals surface area contributed by atoms with Crippen molar-refractivity contribution in [2.75, 3.05) is 18.4 Å². The third kappa shape index (κ3) is 5.47. The quantitative estimate of drug-likeness (QED) is 0.565. The van der Waals surface area contributed by atoms with Crippen molar-refractivity contribution in [1.29, 1.82) is 0 Å². The highest BCUT2D eigenvalue weighted by atomic mass is 32.1. The Morgan fingerprint density at radius 2 is 2.06 bits per heavy atom. The Morgan fingerprint density at radius 1 is 1.29 bits per heavy atom. The Kier molecular flexibility index (Phi) is 4.88. The molecule has 1 aromatic rings. The molecule has 1 aromatic heterocycles. The first-order valence-electron chi connectivity index (χ1n) is 4.51. The second-order valence-corrected chi connectivity index (χ2v) is 3.71. The van der Waals surface area contributed by atoms with Gasteiger partial charge in [0.1, 0.15) is 6.54 Å². The van der Waals surface area contributed by atoms with E-state index in [1.807, 2.05) is 0 Å². The molecule has 0 unspecified atom stereocenters. The molecule has 1 heterocycles. The molecule has 0 saturated carbocycles. The third-order valence-electron chi connectivity index (χ3n) is 1.50. The van der Waals surface area contributed by atoms with Gasteiger partial charge in [0, 0.05) is 11.6 Å². The Labute approximate surface area is 100 Å². The maximum Gasteiger partial charge on any atom is 0.322 e. The van der Waals surface area contributed by atoms with E-state index in [1.54, 1.807) is 5.38 Å². The van der Waals surface area contributed by atoms with Gasteiger partial charge in [-0.25, -0.2) is 9.78 Å². The Balaban J connectivity index is 2.19. The summed E-state index contributed by atoms with van der Waals surface area (Å²) in [6, 6.07) is -0.578. The largest absolute Gasteiger partial charge is 0.480 e. The number of urea groups is 1. The van der Waals surface area contributed by atoms with E-state index in [9.17, 15) is 14.4 Å². The Morgan fingerprint density at radius 3 is 2.65 bits per heavy atom. The molecule has 8 nitrogen and oxygen atoms in total. The molecule has 0 aliphatic rings. The number of aliphatic carboxylic acids is 1. The van der Waals surface area contributed by atoms with Crippen LogP contribution < -0.4 is 16.0 Å². The average molecular weight is 258 g/mol. The number of carbonyl (C=O) groups excluding carboxylic acids is 2. The first kappa shape index (κ1) is 12.9. The van der Waals surface area contributed by atoms with E-state index in [4.69, 9.17) is 5.11 Å². The number of hydrogen-bond donors (Lipinski definition) is 4. The summed E-state index contributed by atoms with van der Waals surface area (Å²) in [6.45, 7) is -0.779. The zero-order valence-corrected chi connectivity index (χ0v) is 9.41. The van der Waals surface area contributed by atoms with Crippen molar-refractivity contribution in [3.63, 3.8) is 0 Å². The highest BCUT2D eigenvalue weighted by Crippen LogP contribution is 2.09. The van der Waals surface area contributed by atoms with E-state index in [-0.39, 0.29) is 6.54 Å². The summed E-state index contributed by atoms with van der Waals surface area (Å²) in [4.78, 5) is 36.2. The second kappa shape index (κ2) is 6.43. The third-order valence-corrected chi connectivity index (χ3v) is 2.19. The van der Waals surface area contributed by atoms with Crippen LogP contribution >= 0.6 is 11.3 Å². The zero-order valence-electron chi connectivity index (χ0n) is 8.60. The number of rotatable bonds is 5. The van der Waals surface area contributed by atoms with E-state index in [0.29, 0.717) is 5.13 Å². The van der Waals surface area contributed by atoms with Crippen molar-refractivity contribution in [3.05, 3.63) is 11.6 Å². The van der Waals surface area contributed by atoms with Crippen LogP contribution in [-0.2, 0) is 9.59 Å². The fourth-order valence-corrected chi connectivity index (χ4v) is 1.35. The van der Waals surface area contributed by atoms with Crippen LogP contribution in [0, 0.1) is 0 Å². The molecule has 4 N–H and O–H groups in total. The number of nitrogens with zero attached hydrogens (tertiary/aromatic N) is 1. The van der Waals surface area contributed by atoms with Crippen molar-refractivity contribution in [2.45, 2.75) is 0 Å². The van der Waals surface area contributed by atoms with Crippen molar-refractivity contribution >= 4 is 34.4 Å². The predicted molar refractivity (Wildman–Crippen MR) is 59.8 cm³/mol. The first-order valence-corrected chi connectivity index (χ1v) is 5.38. The SMILES string of the molecule is O=C(O)CNC(=O)CNC(=O)Nc1nccs1. The maximum atomic E-state index is 11.2. The molecule has 0 saturated heterocycles. The Bertz CT molecular complexity index is 406. The lowest BCUT2D eigenvalue weighted by Gasteiger charge is -2.05. The number of carboxylic acid groups (broad SMARTS) is 1. The number of hydrogen-bond acceptors (Lipinski definition) is 5. The number of carbonyl (C=O) groups is 3. The minimum absolute atomic E-state index is 0.301. The number of aromatic nitrogens is 1. The monoisotopic (exact) mass is 258 g/mol. The van der Waals surface area contributed by atoms with Gasteiger partial charge in [-0.05, 0) is 0 Å². The van der Waals surface area contributed by atoms with Gasteiger partial charge in [0.25, 0.3) is 0 Å². The van der Waals surface area contributed by atoms with Gasteiger partial charge in [0.2, 0.25) is 5.91 Å². The summed E-state index contributed by atoms with van der Waals surface area (Å²) in [5.41, 5.74) is 0. The minimum Gasteiger partial charge on any atom is -0.480 e. The molecule has 0 bridgehead atoms. The van der Waals surface area contributed by atoms with Crippen LogP contribution in [0.2, 0.25) is 0 Å². The molecular weight excluding hydrogens is 248 g/mol. The van der Waals surface area contributed by atoms with Crippen LogP contribution in [0.25, 0.3) is 0 Å². The van der Waals surface area contributed by atoms with Crippen LogP contribution in [-0.4, -0.2) is 41.1 Å². The van der Waals surface area contributed by atoms with Gasteiger partial charge in [-0.1, -0.05) is 0 Å². The van der Waals surface area contributed by atoms with E-state index < -0.39 is 24.5 Å². The molecule has 0 atom stereocenters. The highest BCUT2D eigenvalue weighted by Gasteiger charge is 2.07. The summed E-state index contributed by atoms with van der Waals surface area (Å²) in [5, 5.41) is 17.2. The standard InChI is InChI=1S/C8H10N4O4S/c13-5(10-4-6(14)15)3-11-7(16)12-8-9-1-2-17-8/h1-2H,3-4H2,(H,10,13)(H,14,15)(H2,9,11,12,16). The Hall–Kier alpha value is -2.16. The van der Waals surface area contributed by atoms with Gasteiger partial charge in [-0.2, -0.15) is 0 Å². The van der Waals surface area contributed by atoms with Crippen LogP contribution in [0.5, 0.6) is 0 Å². The van der Waals surface area contributed by atoms with Gasteiger partial charge in [-0.15, -0.1) is 11.3 Å². The lowest BCUT2D eigenvalue weighted by molar-refractivity contribution is -0.137.